The number of alkyl halides is 3. The highest BCUT2D eigenvalue weighted by Crippen LogP contribution is 2.35. The van der Waals surface area contributed by atoms with Crippen molar-refractivity contribution < 1.29 is 37.5 Å². The molecule has 4 fully saturated rings. The molecule has 8 rings (SSSR count). The summed E-state index contributed by atoms with van der Waals surface area (Å²) < 4.78 is 41.7. The zero-order chi connectivity index (χ0) is 41.6. The van der Waals surface area contributed by atoms with Crippen LogP contribution in [0.25, 0.3) is 10.9 Å². The third-order valence-corrected chi connectivity index (χ3v) is 12.1. The number of nitrogens with one attached hydrogen (secondary N) is 2. The molecule has 0 bridgehead atoms. The minimum Gasteiger partial charge on any atom is -0.386 e. The van der Waals surface area contributed by atoms with E-state index in [1.807, 2.05) is 40.0 Å². The molecule has 14 nitrogen and oxygen atoms in total. The van der Waals surface area contributed by atoms with Crippen molar-refractivity contribution in [1.82, 2.24) is 29.9 Å². The molecule has 1 atom stereocenters. The van der Waals surface area contributed by atoms with E-state index in [9.17, 15) is 37.5 Å². The lowest BCUT2D eigenvalue weighted by Crippen LogP contribution is -2.50. The first-order valence-corrected chi connectivity index (χ1v) is 20.2. The third-order valence-electron chi connectivity index (χ3n) is 12.1. The quantitative estimate of drug-likeness (QED) is 0.208. The van der Waals surface area contributed by atoms with Gasteiger partial charge in [0.1, 0.15) is 11.4 Å². The van der Waals surface area contributed by atoms with Crippen LogP contribution in [0.2, 0.25) is 0 Å². The zero-order valence-electron chi connectivity index (χ0n) is 33.0. The summed E-state index contributed by atoms with van der Waals surface area (Å²) in [5, 5.41) is 21.6. The number of carbonyl (C=O) groups is 4. The van der Waals surface area contributed by atoms with E-state index in [2.05, 4.69) is 25.4 Å². The number of aliphatic hydroxyl groups is 1. The van der Waals surface area contributed by atoms with Crippen LogP contribution in [0, 0.1) is 5.92 Å². The number of piperidine rings is 2. The summed E-state index contributed by atoms with van der Waals surface area (Å²) in [4.78, 5) is 62.3. The number of imide groups is 1. The summed E-state index contributed by atoms with van der Waals surface area (Å²) in [5.74, 6) is -0.945. The van der Waals surface area contributed by atoms with Crippen molar-refractivity contribution in [1.29, 1.82) is 0 Å². The van der Waals surface area contributed by atoms with Crippen molar-refractivity contribution >= 4 is 51.7 Å². The van der Waals surface area contributed by atoms with Crippen LogP contribution in [-0.4, -0.2) is 105 Å². The molecule has 2 aromatic carbocycles. The predicted octanol–water partition coefficient (Wildman–Crippen LogP) is 5.53. The second-order valence-electron chi connectivity index (χ2n) is 16.5. The predicted molar refractivity (Wildman–Crippen MR) is 214 cm³/mol. The molecule has 312 valence electrons. The van der Waals surface area contributed by atoms with Crippen LogP contribution in [0.4, 0.5) is 35.0 Å². The van der Waals surface area contributed by atoms with E-state index < -0.39 is 35.1 Å². The Hall–Kier alpha value is -5.55. The Morgan fingerprint density at radius 2 is 1.56 bits per heavy atom. The number of likely N-dealkylation sites (tertiary alicyclic amines) is 2. The highest BCUT2D eigenvalue weighted by atomic mass is 19.4. The zero-order valence-corrected chi connectivity index (χ0v) is 33.0. The Labute approximate surface area is 339 Å². The molecular formula is C42H48F3N9O5. The molecule has 0 radical (unpaired) electrons. The van der Waals surface area contributed by atoms with Gasteiger partial charge in [-0.2, -0.15) is 18.3 Å². The van der Waals surface area contributed by atoms with E-state index >= 15 is 0 Å². The van der Waals surface area contributed by atoms with Crippen LogP contribution in [0.3, 0.4) is 0 Å². The summed E-state index contributed by atoms with van der Waals surface area (Å²) in [5.41, 5.74) is 0.0430. The van der Waals surface area contributed by atoms with Crippen molar-refractivity contribution in [3.05, 3.63) is 77.7 Å². The van der Waals surface area contributed by atoms with E-state index in [-0.39, 0.29) is 35.9 Å². The fraction of sp³-hybridized carbons (Fsp3) is 0.476. The van der Waals surface area contributed by atoms with E-state index in [1.165, 1.54) is 6.07 Å². The van der Waals surface area contributed by atoms with Gasteiger partial charge in [0, 0.05) is 92.5 Å². The monoisotopic (exact) mass is 815 g/mol. The number of halogens is 3. The van der Waals surface area contributed by atoms with Crippen molar-refractivity contribution in [3.63, 3.8) is 0 Å². The summed E-state index contributed by atoms with van der Waals surface area (Å²) in [7, 11) is 0. The van der Waals surface area contributed by atoms with E-state index in [4.69, 9.17) is 5.10 Å². The number of pyridine rings is 1. The summed E-state index contributed by atoms with van der Waals surface area (Å²) >= 11 is 0. The Kier molecular flexibility index (Phi) is 10.8. The smallest absolute Gasteiger partial charge is 0.386 e. The number of fused-ring (bicyclic) bond motifs is 1. The van der Waals surface area contributed by atoms with Crippen molar-refractivity contribution in [3.8, 4) is 0 Å². The van der Waals surface area contributed by atoms with Gasteiger partial charge < -0.3 is 25.1 Å². The fourth-order valence-electron chi connectivity index (χ4n) is 8.87. The molecule has 0 saturated carbocycles. The van der Waals surface area contributed by atoms with Gasteiger partial charge in [-0.05, 0) is 94.5 Å². The summed E-state index contributed by atoms with van der Waals surface area (Å²) in [6.07, 6.45) is 1.85. The van der Waals surface area contributed by atoms with Gasteiger partial charge in [0.2, 0.25) is 11.8 Å². The van der Waals surface area contributed by atoms with Crippen LogP contribution in [0.5, 0.6) is 0 Å². The molecule has 6 heterocycles. The molecule has 4 aliphatic heterocycles. The molecule has 5 amide bonds. The molecule has 4 aromatic rings. The lowest BCUT2D eigenvalue weighted by Gasteiger charge is -2.42. The number of aromatic nitrogens is 3. The second kappa shape index (κ2) is 15.9. The average Bonchev–Trinajstić information content (AvgIpc) is 3.88. The minimum absolute atomic E-state index is 0.0651. The first kappa shape index (κ1) is 40.2. The van der Waals surface area contributed by atoms with E-state index in [0.29, 0.717) is 30.2 Å². The minimum atomic E-state index is -4.70. The average molecular weight is 816 g/mol. The van der Waals surface area contributed by atoms with Crippen LogP contribution >= 0.6 is 0 Å². The number of rotatable bonds is 8. The maximum Gasteiger partial charge on any atom is 0.433 e. The van der Waals surface area contributed by atoms with Crippen molar-refractivity contribution in [2.45, 2.75) is 76.2 Å². The molecule has 17 heteroatoms. The van der Waals surface area contributed by atoms with Gasteiger partial charge in [-0.25, -0.2) is 9.78 Å². The van der Waals surface area contributed by atoms with Gasteiger partial charge in [-0.3, -0.25) is 29.3 Å². The number of nitrogens with zero attached hydrogens (tertiary/aromatic N) is 7. The Balaban J connectivity index is 0.834. The topological polar surface area (TPSA) is 156 Å². The molecule has 0 aliphatic carbocycles. The van der Waals surface area contributed by atoms with Gasteiger partial charge in [-0.1, -0.05) is 6.07 Å². The molecule has 0 unspecified atom stereocenters. The number of hydrogen-bond acceptors (Lipinski definition) is 9. The van der Waals surface area contributed by atoms with Crippen LogP contribution in [-0.2, 0) is 21.4 Å². The SMILES string of the molecule is CC(C)(O)c1cc2nn(C3CCN(C4CCN(C(=O)[C@H]5CCN(c6ccc(N7CCC(=O)NC7=O)cc6)C5)CC4)CC3)cc2cc1NC(=O)c1cccc(C(F)(F)F)n1. The number of carbonyl (C=O) groups excluding carboxylic acids is 4. The molecule has 4 aliphatic rings. The normalized spacial score (nSPS) is 20.4. The van der Waals surface area contributed by atoms with Crippen molar-refractivity contribution in [2.24, 2.45) is 5.92 Å². The van der Waals surface area contributed by atoms with Gasteiger partial charge in [0.25, 0.3) is 5.91 Å². The van der Waals surface area contributed by atoms with E-state index in [0.717, 1.165) is 93.7 Å². The number of benzene rings is 2. The summed E-state index contributed by atoms with van der Waals surface area (Å²) in [6.45, 7) is 8.14. The van der Waals surface area contributed by atoms with E-state index in [1.54, 1.807) is 30.9 Å². The number of urea groups is 1. The maximum atomic E-state index is 13.6. The standard InChI is InChI=1S/C42H48F3N9O5/c1-41(2,59)32-23-34-27(22-35(32)47-38(56)33-4-3-5-36(46-33)42(43,44)45)25-54(49-34)31-13-17-50(18-14-31)29-11-19-51(20-12-29)39(57)26-10-16-52(24-26)28-6-8-30(9-7-28)53-21-15-37(55)48-40(53)58/h3-9,22-23,25-26,29,31,59H,10-21,24H2,1-2H3,(H,47,56)(H,48,55,58)/t26-/m0/s1. The number of hydrogen-bond donors (Lipinski definition) is 3. The Morgan fingerprint density at radius 1 is 0.864 bits per heavy atom. The van der Waals surface area contributed by atoms with Crippen molar-refractivity contribution in [2.75, 3.05) is 60.9 Å². The van der Waals surface area contributed by atoms with Crippen LogP contribution in [0.1, 0.15) is 80.2 Å². The van der Waals surface area contributed by atoms with Gasteiger partial charge in [-0.15, -0.1) is 0 Å². The molecule has 4 saturated heterocycles. The Bertz CT molecular complexity index is 2240. The molecule has 59 heavy (non-hydrogen) atoms. The maximum absolute atomic E-state index is 13.6. The highest BCUT2D eigenvalue weighted by molar-refractivity contribution is 6.06. The molecular weight excluding hydrogens is 768 g/mol. The number of amides is 5. The van der Waals surface area contributed by atoms with Gasteiger partial charge in [0.05, 0.1) is 23.1 Å². The van der Waals surface area contributed by atoms with Crippen LogP contribution in [0.15, 0.2) is 60.8 Å². The fourth-order valence-corrected chi connectivity index (χ4v) is 8.87. The first-order valence-electron chi connectivity index (χ1n) is 20.2. The van der Waals surface area contributed by atoms with Gasteiger partial charge >= 0.3 is 12.2 Å². The van der Waals surface area contributed by atoms with Gasteiger partial charge in [0.15, 0.2) is 0 Å². The molecule has 3 N–H and O–H groups in total. The second-order valence-corrected chi connectivity index (χ2v) is 16.5. The highest BCUT2D eigenvalue weighted by Gasteiger charge is 2.36. The largest absolute Gasteiger partial charge is 0.433 e. The lowest BCUT2D eigenvalue weighted by atomic mass is 9.95. The summed E-state index contributed by atoms with van der Waals surface area (Å²) in [6, 6.07) is 14.3. The van der Waals surface area contributed by atoms with Crippen LogP contribution < -0.4 is 20.4 Å². The molecule has 2 aromatic heterocycles. The third kappa shape index (κ3) is 8.62. The number of anilines is 3. The molecule has 0 spiro atoms. The first-order chi connectivity index (χ1) is 28.1. The lowest BCUT2D eigenvalue weighted by molar-refractivity contribution is -0.141. The Morgan fingerprint density at radius 3 is 2.24 bits per heavy atom.